The minimum Gasteiger partial charge on any atom is -0.457 e. The van der Waals surface area contributed by atoms with E-state index in [-0.39, 0.29) is 46.7 Å². The van der Waals surface area contributed by atoms with E-state index in [9.17, 15) is 19.5 Å². The first kappa shape index (κ1) is 33.8. The van der Waals surface area contributed by atoms with Crippen molar-refractivity contribution in [2.45, 2.75) is 83.5 Å². The Morgan fingerprint density at radius 3 is 2.62 bits per heavy atom. The van der Waals surface area contributed by atoms with E-state index in [1.165, 1.54) is 11.8 Å². The van der Waals surface area contributed by atoms with Gasteiger partial charge < -0.3 is 24.9 Å². The molecule has 2 aromatic carbocycles. The molecule has 5 aliphatic carbocycles. The molecule has 0 bridgehead atoms. The second kappa shape index (κ2) is 12.6. The van der Waals surface area contributed by atoms with Crippen molar-refractivity contribution in [2.75, 3.05) is 5.32 Å². The van der Waals surface area contributed by atoms with E-state index < -0.39 is 23.1 Å². The van der Waals surface area contributed by atoms with Gasteiger partial charge in [-0.15, -0.1) is 0 Å². The van der Waals surface area contributed by atoms with Gasteiger partial charge in [0.1, 0.15) is 0 Å². The van der Waals surface area contributed by atoms with Gasteiger partial charge in [-0.05, 0) is 122 Å². The van der Waals surface area contributed by atoms with E-state index in [0.29, 0.717) is 25.8 Å². The molecule has 10 nitrogen and oxygen atoms in total. The summed E-state index contributed by atoms with van der Waals surface area (Å²) in [6, 6.07) is 20.7. The van der Waals surface area contributed by atoms with Crippen molar-refractivity contribution in [3.63, 3.8) is 0 Å². The molecule has 6 unspecified atom stereocenters. The Bertz CT molecular complexity index is 2100. The number of carbonyl (C=O) groups excluding carboxylic acids is 3. The molecule has 4 aromatic rings. The van der Waals surface area contributed by atoms with Crippen LogP contribution in [-0.4, -0.2) is 44.4 Å². The van der Waals surface area contributed by atoms with E-state index in [0.717, 1.165) is 60.3 Å². The molecular weight excluding hydrogens is 668 g/mol. The molecule has 9 rings (SSSR count). The molecule has 2 amide bonds. The summed E-state index contributed by atoms with van der Waals surface area (Å²) in [7, 11) is 0. The van der Waals surface area contributed by atoms with Crippen molar-refractivity contribution in [1.29, 1.82) is 0 Å². The molecule has 0 radical (unpaired) electrons. The van der Waals surface area contributed by atoms with Crippen molar-refractivity contribution in [1.82, 2.24) is 15.1 Å². The van der Waals surface area contributed by atoms with Gasteiger partial charge in [-0.2, -0.15) is 5.10 Å². The van der Waals surface area contributed by atoms with Gasteiger partial charge in [0, 0.05) is 23.6 Å². The highest BCUT2D eigenvalue weighted by Crippen LogP contribution is 2.68. The number of aliphatic hydroxyl groups is 1. The summed E-state index contributed by atoms with van der Waals surface area (Å²) in [4.78, 5) is 40.5. The largest absolute Gasteiger partial charge is 0.457 e. The molecular formula is C43H46N4O6. The lowest BCUT2D eigenvalue weighted by atomic mass is 9.45. The van der Waals surface area contributed by atoms with Crippen molar-refractivity contribution in [2.24, 2.45) is 34.5 Å². The lowest BCUT2D eigenvalue weighted by Crippen LogP contribution is -2.64. The minimum atomic E-state index is -1.48. The number of fused-ring (bicyclic) bond motifs is 6. The van der Waals surface area contributed by atoms with Gasteiger partial charge >= 0.3 is 5.97 Å². The second-order valence-corrected chi connectivity index (χ2v) is 16.5. The summed E-state index contributed by atoms with van der Waals surface area (Å²) >= 11 is 0. The van der Waals surface area contributed by atoms with Gasteiger partial charge in [0.15, 0.2) is 5.60 Å². The van der Waals surface area contributed by atoms with Crippen LogP contribution in [-0.2, 0) is 27.3 Å². The molecule has 53 heavy (non-hydrogen) atoms. The van der Waals surface area contributed by atoms with Crippen LogP contribution in [0, 0.1) is 34.5 Å². The van der Waals surface area contributed by atoms with E-state index in [1.54, 1.807) is 12.1 Å². The molecule has 274 valence electrons. The highest BCUT2D eigenvalue weighted by atomic mass is 16.6. The fourth-order valence-corrected chi connectivity index (χ4v) is 10.8. The Hall–Kier alpha value is -4.96. The number of nitrogens with zero attached hydrogens (tertiary/aromatic N) is 2. The zero-order valence-electron chi connectivity index (χ0n) is 30.2. The molecule has 2 aromatic heterocycles. The number of ether oxygens (including phenoxy) is 1. The maximum atomic E-state index is 14.5. The zero-order chi connectivity index (χ0) is 36.5. The predicted octanol–water partition coefficient (Wildman–Crippen LogP) is 6.88. The van der Waals surface area contributed by atoms with E-state index in [4.69, 9.17) is 14.3 Å². The standard InChI is InChI=1S/C43H46N4O6/c1-41-22-28-25-45-47(31-11-6-10-30(21-31)46-38(49)27-13-14-27)34(28)20-29(41)15-16-32-33-17-18-43(42(33,2)23-35(48)37(32)41,53-39(50)36-12-7-19-52-36)40(51)44-24-26-8-4-3-5-9-26/h3-12,19-21,25,27,32-33,35,37,48H,13-18,22-24H2,1-2H3,(H,44,51)(H,46,49)/t32?,33?,35?,37?,41?,42?,43-/m0/s1. The van der Waals surface area contributed by atoms with Crippen LogP contribution in [0.3, 0.4) is 0 Å². The number of aromatic nitrogens is 2. The maximum Gasteiger partial charge on any atom is 0.375 e. The van der Waals surface area contributed by atoms with Crippen LogP contribution >= 0.6 is 0 Å². The van der Waals surface area contributed by atoms with Crippen LogP contribution in [0.2, 0.25) is 0 Å². The first-order valence-corrected chi connectivity index (χ1v) is 19.1. The molecule has 10 heteroatoms. The second-order valence-electron chi connectivity index (χ2n) is 16.5. The number of aliphatic hydroxyl groups excluding tert-OH is 1. The molecule has 4 saturated carbocycles. The third kappa shape index (κ3) is 5.47. The lowest BCUT2D eigenvalue weighted by Gasteiger charge is -2.60. The highest BCUT2D eigenvalue weighted by Gasteiger charge is 2.71. The number of hydrogen-bond acceptors (Lipinski definition) is 7. The highest BCUT2D eigenvalue weighted by molar-refractivity contribution is 5.94. The van der Waals surface area contributed by atoms with Crippen LogP contribution in [0.25, 0.3) is 11.8 Å². The Morgan fingerprint density at radius 1 is 1.02 bits per heavy atom. The van der Waals surface area contributed by atoms with Gasteiger partial charge in [-0.1, -0.05) is 55.8 Å². The van der Waals surface area contributed by atoms with Crippen LogP contribution in [0.1, 0.15) is 86.2 Å². The summed E-state index contributed by atoms with van der Waals surface area (Å²) < 4.78 is 13.7. The lowest BCUT2D eigenvalue weighted by molar-refractivity contribution is -0.182. The summed E-state index contributed by atoms with van der Waals surface area (Å²) in [5, 5.41) is 23.4. The van der Waals surface area contributed by atoms with Crippen molar-refractivity contribution < 1.29 is 28.6 Å². The van der Waals surface area contributed by atoms with E-state index >= 15 is 0 Å². The molecule has 4 fully saturated rings. The van der Waals surface area contributed by atoms with Crippen molar-refractivity contribution in [3.05, 3.63) is 107 Å². The van der Waals surface area contributed by atoms with Gasteiger partial charge in [0.2, 0.25) is 11.7 Å². The van der Waals surface area contributed by atoms with Gasteiger partial charge in [0.25, 0.3) is 5.91 Å². The summed E-state index contributed by atoms with van der Waals surface area (Å²) in [6.45, 7) is 4.65. The quantitative estimate of drug-likeness (QED) is 0.169. The SMILES string of the molecule is CC12Cc3cnn(-c4cccc(NC(=O)C5CC5)c4)c3C=C1CCC1C2C(O)CC2(C)C1CC[C@]2(OC(=O)c1ccco1)C(=O)NCc1ccccc1. The monoisotopic (exact) mass is 714 g/mol. The predicted molar refractivity (Wildman–Crippen MR) is 198 cm³/mol. The molecule has 0 saturated heterocycles. The summed E-state index contributed by atoms with van der Waals surface area (Å²) in [6.07, 6.45) is 10.7. The van der Waals surface area contributed by atoms with E-state index in [1.807, 2.05) is 65.5 Å². The van der Waals surface area contributed by atoms with Crippen LogP contribution in [0.5, 0.6) is 0 Å². The number of hydrogen-bond donors (Lipinski definition) is 3. The smallest absolute Gasteiger partial charge is 0.375 e. The van der Waals surface area contributed by atoms with E-state index in [2.05, 4.69) is 30.6 Å². The van der Waals surface area contributed by atoms with Crippen LogP contribution < -0.4 is 10.6 Å². The van der Waals surface area contributed by atoms with Gasteiger partial charge in [0.05, 0.1) is 29.9 Å². The maximum absolute atomic E-state index is 14.5. The molecule has 5 aliphatic rings. The fraction of sp³-hybridized carbons (Fsp3) is 0.442. The van der Waals surface area contributed by atoms with Gasteiger partial charge in [-0.3, -0.25) is 9.59 Å². The molecule has 2 heterocycles. The molecule has 3 N–H and O–H groups in total. The number of amides is 2. The summed E-state index contributed by atoms with van der Waals surface area (Å²) in [5.74, 6) is -0.612. The molecule has 0 spiro atoms. The fourth-order valence-electron chi connectivity index (χ4n) is 10.8. The third-order valence-electron chi connectivity index (χ3n) is 13.5. The third-order valence-corrected chi connectivity index (χ3v) is 13.5. The Kier molecular flexibility index (Phi) is 8.03. The Balaban J connectivity index is 1.01. The summed E-state index contributed by atoms with van der Waals surface area (Å²) in [5.41, 5.74) is 3.48. The number of anilines is 1. The Morgan fingerprint density at radius 2 is 1.85 bits per heavy atom. The van der Waals surface area contributed by atoms with Crippen molar-refractivity contribution in [3.8, 4) is 5.69 Å². The number of nitrogens with one attached hydrogen (secondary N) is 2. The average Bonchev–Trinajstić information content (AvgIpc) is 3.57. The minimum absolute atomic E-state index is 0.0398. The Labute approximate surface area is 309 Å². The molecule has 0 aliphatic heterocycles. The van der Waals surface area contributed by atoms with Crippen LogP contribution in [0.4, 0.5) is 5.69 Å². The first-order chi connectivity index (χ1) is 25.6. The number of allylic oxidation sites excluding steroid dienone is 1. The van der Waals surface area contributed by atoms with Crippen LogP contribution in [0.15, 0.2) is 89.2 Å². The van der Waals surface area contributed by atoms with Crippen molar-refractivity contribution >= 4 is 29.5 Å². The topological polar surface area (TPSA) is 136 Å². The number of carbonyl (C=O) groups is 3. The number of esters is 1. The molecule has 7 atom stereocenters. The zero-order valence-corrected chi connectivity index (χ0v) is 30.2. The number of rotatable bonds is 8. The first-order valence-electron chi connectivity index (χ1n) is 19.1. The normalized spacial score (nSPS) is 31.3. The average molecular weight is 715 g/mol. The van der Waals surface area contributed by atoms with Gasteiger partial charge in [-0.25, -0.2) is 9.48 Å². The number of furan rings is 1. The number of benzene rings is 2.